The summed E-state index contributed by atoms with van der Waals surface area (Å²) in [5, 5.41) is 4.52. The second-order valence-electron chi connectivity index (χ2n) is 14.5. The van der Waals surface area contributed by atoms with Gasteiger partial charge in [-0.15, -0.1) is 6.58 Å². The van der Waals surface area contributed by atoms with Crippen LogP contribution in [0, 0.1) is 11.2 Å². The summed E-state index contributed by atoms with van der Waals surface area (Å²) in [5.41, 5.74) is 0.763. The van der Waals surface area contributed by atoms with Crippen molar-refractivity contribution in [3.63, 3.8) is 0 Å². The third-order valence-electron chi connectivity index (χ3n) is 7.98. The van der Waals surface area contributed by atoms with E-state index >= 15 is 4.39 Å². The van der Waals surface area contributed by atoms with Gasteiger partial charge in [-0.25, -0.2) is 13.9 Å². The van der Waals surface area contributed by atoms with E-state index in [1.807, 2.05) is 24.8 Å². The highest BCUT2D eigenvalue weighted by atomic mass is 28.3. The van der Waals surface area contributed by atoms with Crippen molar-refractivity contribution in [2.45, 2.75) is 102 Å². The minimum absolute atomic E-state index is 0.121. The van der Waals surface area contributed by atoms with Crippen LogP contribution in [0.1, 0.15) is 38.8 Å². The van der Waals surface area contributed by atoms with E-state index in [1.54, 1.807) is 10.6 Å². The van der Waals surface area contributed by atoms with Gasteiger partial charge in [0, 0.05) is 40.7 Å². The summed E-state index contributed by atoms with van der Waals surface area (Å²) in [6.45, 7) is 25.8. The highest BCUT2D eigenvalue weighted by molar-refractivity contribution is 6.76. The molecule has 2 aromatic rings. The molecular formula is C29H49FN4O4Si2. The average molecular weight is 593 g/mol. The number of hydrogen-bond acceptors (Lipinski definition) is 7. The molecule has 2 aromatic heterocycles. The Bertz CT molecular complexity index is 1170. The quantitative estimate of drug-likeness (QED) is 0.114. The smallest absolute Gasteiger partial charge is 0.163 e. The van der Waals surface area contributed by atoms with Gasteiger partial charge in [-0.1, -0.05) is 52.3 Å². The monoisotopic (exact) mass is 592 g/mol. The fourth-order valence-electron chi connectivity index (χ4n) is 5.54. The fourth-order valence-corrected chi connectivity index (χ4v) is 7.06. The summed E-state index contributed by atoms with van der Waals surface area (Å²) in [6, 6.07) is 3.67. The van der Waals surface area contributed by atoms with Gasteiger partial charge >= 0.3 is 0 Å². The molecule has 0 aromatic carbocycles. The molecule has 2 fully saturated rings. The van der Waals surface area contributed by atoms with Gasteiger partial charge in [0.2, 0.25) is 0 Å². The number of aromatic nitrogens is 3. The van der Waals surface area contributed by atoms with Gasteiger partial charge in [-0.2, -0.15) is 5.10 Å². The molecule has 0 unspecified atom stereocenters. The molecule has 8 nitrogen and oxygen atoms in total. The molecule has 40 heavy (non-hydrogen) atoms. The number of ether oxygens (including phenoxy) is 4. The molecule has 1 aliphatic carbocycles. The van der Waals surface area contributed by atoms with E-state index in [2.05, 4.69) is 62.9 Å². The Balaban J connectivity index is 1.64. The maximum atomic E-state index is 15.9. The molecule has 4 atom stereocenters. The van der Waals surface area contributed by atoms with Gasteiger partial charge in [0.25, 0.3) is 0 Å². The van der Waals surface area contributed by atoms with Crippen molar-refractivity contribution >= 4 is 27.5 Å². The van der Waals surface area contributed by atoms with Crippen LogP contribution in [0.5, 0.6) is 0 Å². The molecule has 0 bridgehead atoms. The molecule has 0 amide bonds. The maximum absolute atomic E-state index is 15.9. The summed E-state index contributed by atoms with van der Waals surface area (Å²) in [7, 11) is -2.50. The molecule has 3 heterocycles. The number of fused-ring (bicyclic) bond motifs is 2. The van der Waals surface area contributed by atoms with Crippen molar-refractivity contribution in [3.8, 4) is 0 Å². The lowest BCUT2D eigenvalue weighted by Gasteiger charge is -2.28. The van der Waals surface area contributed by atoms with E-state index < -0.39 is 21.9 Å². The van der Waals surface area contributed by atoms with Crippen LogP contribution in [0.4, 0.5) is 10.2 Å². The molecule has 2 aliphatic rings. The maximum Gasteiger partial charge on any atom is 0.163 e. The van der Waals surface area contributed by atoms with Crippen LogP contribution in [-0.4, -0.2) is 75.4 Å². The van der Waals surface area contributed by atoms with Crippen molar-refractivity contribution in [3.05, 3.63) is 36.6 Å². The van der Waals surface area contributed by atoms with Crippen LogP contribution in [0.15, 0.2) is 25.0 Å². The van der Waals surface area contributed by atoms with E-state index in [4.69, 9.17) is 18.9 Å². The standard InChI is InChI=1S/C29H49FN4O4Si2/c1-11-29(4)17-21(25-26(29)38-28(2,3)37-25)23-16-22(30)24-27(31-18-32-34(23)24)33(19-35-12-14-39(5,6)7)20-36-13-15-40(8,9)10/h11,16,18,21,25-26H,1,12-15,17,19-20H2,2-10H3/t21-,25-,26-,29-/m0/s1. The van der Waals surface area contributed by atoms with Crippen molar-refractivity contribution in [2.24, 2.45) is 5.41 Å². The third-order valence-corrected chi connectivity index (χ3v) is 11.4. The normalized spacial score (nSPS) is 26.4. The van der Waals surface area contributed by atoms with Crippen LogP contribution >= 0.6 is 0 Å². The summed E-state index contributed by atoms with van der Waals surface area (Å²) >= 11 is 0. The van der Waals surface area contributed by atoms with Crippen LogP contribution in [-0.2, 0) is 18.9 Å². The van der Waals surface area contributed by atoms with Gasteiger partial charge in [-0.3, -0.25) is 0 Å². The molecule has 1 saturated carbocycles. The molecule has 4 rings (SSSR count). The third kappa shape index (κ3) is 7.04. The minimum Gasteiger partial charge on any atom is -0.361 e. The predicted molar refractivity (Wildman–Crippen MR) is 163 cm³/mol. The summed E-state index contributed by atoms with van der Waals surface area (Å²) in [4.78, 5) is 6.41. The molecule has 1 saturated heterocycles. The largest absolute Gasteiger partial charge is 0.361 e. The van der Waals surface area contributed by atoms with Crippen LogP contribution < -0.4 is 4.90 Å². The van der Waals surface area contributed by atoms with E-state index in [1.165, 1.54) is 6.33 Å². The highest BCUT2D eigenvalue weighted by Crippen LogP contribution is 2.55. The lowest BCUT2D eigenvalue weighted by atomic mass is 9.85. The van der Waals surface area contributed by atoms with Crippen LogP contribution in [0.3, 0.4) is 0 Å². The van der Waals surface area contributed by atoms with E-state index in [9.17, 15) is 0 Å². The first kappa shape index (κ1) is 31.3. The molecule has 11 heteroatoms. The fraction of sp³-hybridized carbons (Fsp3) is 0.724. The first-order chi connectivity index (χ1) is 18.5. The second kappa shape index (κ2) is 11.6. The number of anilines is 1. The van der Waals surface area contributed by atoms with Gasteiger partial charge in [0.1, 0.15) is 25.3 Å². The molecule has 224 valence electrons. The minimum atomic E-state index is -1.25. The molecule has 0 spiro atoms. The van der Waals surface area contributed by atoms with Crippen molar-refractivity contribution in [2.75, 3.05) is 31.6 Å². The van der Waals surface area contributed by atoms with Gasteiger partial charge in [-0.05, 0) is 38.4 Å². The van der Waals surface area contributed by atoms with Gasteiger partial charge < -0.3 is 23.8 Å². The topological polar surface area (TPSA) is 70.4 Å². The molecule has 0 radical (unpaired) electrons. The lowest BCUT2D eigenvalue weighted by Crippen LogP contribution is -2.33. The Morgan fingerprint density at radius 3 is 2.23 bits per heavy atom. The zero-order valence-electron chi connectivity index (χ0n) is 25.9. The average Bonchev–Trinajstić information content (AvgIpc) is 3.44. The van der Waals surface area contributed by atoms with Crippen molar-refractivity contribution < 1.29 is 23.3 Å². The summed E-state index contributed by atoms with van der Waals surface area (Å²) in [6.07, 6.45) is 3.74. The lowest BCUT2D eigenvalue weighted by molar-refractivity contribution is -0.162. The zero-order chi connectivity index (χ0) is 29.5. The van der Waals surface area contributed by atoms with Gasteiger partial charge in [0.15, 0.2) is 17.4 Å². The van der Waals surface area contributed by atoms with Crippen LogP contribution in [0.25, 0.3) is 5.52 Å². The molecule has 0 N–H and O–H groups in total. The second-order valence-corrected chi connectivity index (χ2v) is 25.8. The van der Waals surface area contributed by atoms with Crippen molar-refractivity contribution in [1.82, 2.24) is 14.6 Å². The first-order valence-electron chi connectivity index (χ1n) is 14.5. The molecular weight excluding hydrogens is 544 g/mol. The Morgan fingerprint density at radius 1 is 1.07 bits per heavy atom. The highest BCUT2D eigenvalue weighted by Gasteiger charge is 2.59. The Kier molecular flexibility index (Phi) is 9.05. The Hall–Kier alpha value is -1.64. The van der Waals surface area contributed by atoms with Gasteiger partial charge in [0.05, 0.1) is 17.9 Å². The predicted octanol–water partition coefficient (Wildman–Crippen LogP) is 6.50. The SMILES string of the molecule is C=C[C@@]1(C)C[C@@H](c2cc(F)c3c(N(COCC[Si](C)(C)C)COCC[Si](C)(C)C)ncnn23)[C@@H]2OC(C)(C)O[C@@H]21. The zero-order valence-corrected chi connectivity index (χ0v) is 27.9. The Morgan fingerprint density at radius 2 is 1.68 bits per heavy atom. The molecule has 1 aliphatic heterocycles. The summed E-state index contributed by atoms with van der Waals surface area (Å²) < 4.78 is 42.4. The number of nitrogens with zero attached hydrogens (tertiary/aromatic N) is 4. The van der Waals surface area contributed by atoms with Crippen molar-refractivity contribution in [1.29, 1.82) is 0 Å². The number of hydrogen-bond donors (Lipinski definition) is 0. The first-order valence-corrected chi connectivity index (χ1v) is 21.9. The Labute approximate surface area is 241 Å². The number of rotatable bonds is 13. The summed E-state index contributed by atoms with van der Waals surface area (Å²) in [5.74, 6) is -0.753. The van der Waals surface area contributed by atoms with E-state index in [0.717, 1.165) is 24.2 Å². The van der Waals surface area contributed by atoms with E-state index in [-0.39, 0.29) is 42.8 Å². The van der Waals surface area contributed by atoms with Crippen LogP contribution in [0.2, 0.25) is 51.4 Å². The number of halogens is 1. The van der Waals surface area contributed by atoms with E-state index in [0.29, 0.717) is 24.5 Å².